The molecule has 1 N–H and O–H groups in total. The second-order valence-corrected chi connectivity index (χ2v) is 6.09. The number of benzene rings is 1. The Balaban J connectivity index is 2.32. The summed E-state index contributed by atoms with van der Waals surface area (Å²) in [5, 5.41) is 2.84. The standard InChI is InChI=1S/C19H24N2O5/c1-13-8-6-7-11-21(13)18(23)14-9-4-5-10-15(14)20-16(19(24)26-3)12-17(22)25-2/h4-5,9-10,12-13,20H,6-8,11H2,1-3H3/b16-12+. The van der Waals surface area contributed by atoms with Gasteiger partial charge in [-0.15, -0.1) is 0 Å². The first-order valence-corrected chi connectivity index (χ1v) is 8.53. The molecule has 1 fully saturated rings. The van der Waals surface area contributed by atoms with E-state index in [0.29, 0.717) is 17.8 Å². The zero-order valence-electron chi connectivity index (χ0n) is 15.3. The van der Waals surface area contributed by atoms with Gasteiger partial charge < -0.3 is 19.7 Å². The first kappa shape index (κ1) is 19.5. The van der Waals surface area contributed by atoms with Crippen molar-refractivity contribution in [2.75, 3.05) is 26.1 Å². The fourth-order valence-corrected chi connectivity index (χ4v) is 2.91. The number of rotatable bonds is 5. The number of carbonyl (C=O) groups is 3. The topological polar surface area (TPSA) is 84.9 Å². The lowest BCUT2D eigenvalue weighted by Crippen LogP contribution is -2.42. The Morgan fingerprint density at radius 2 is 1.88 bits per heavy atom. The van der Waals surface area contributed by atoms with Crippen molar-refractivity contribution in [2.24, 2.45) is 0 Å². The van der Waals surface area contributed by atoms with Gasteiger partial charge in [0, 0.05) is 12.6 Å². The van der Waals surface area contributed by atoms with Crippen LogP contribution in [0.3, 0.4) is 0 Å². The van der Waals surface area contributed by atoms with Crippen LogP contribution in [0.15, 0.2) is 36.0 Å². The normalized spacial score (nSPS) is 17.4. The van der Waals surface area contributed by atoms with E-state index in [9.17, 15) is 14.4 Å². The highest BCUT2D eigenvalue weighted by Gasteiger charge is 2.26. The van der Waals surface area contributed by atoms with Crippen molar-refractivity contribution in [3.63, 3.8) is 0 Å². The van der Waals surface area contributed by atoms with Gasteiger partial charge in [-0.05, 0) is 38.3 Å². The molecule has 2 rings (SSSR count). The second kappa shape index (κ2) is 9.03. The Morgan fingerprint density at radius 3 is 2.54 bits per heavy atom. The Bertz CT molecular complexity index is 714. The summed E-state index contributed by atoms with van der Waals surface area (Å²) in [6, 6.07) is 7.03. The Labute approximate surface area is 153 Å². The van der Waals surface area contributed by atoms with Crippen LogP contribution in [0.25, 0.3) is 0 Å². The van der Waals surface area contributed by atoms with Gasteiger partial charge in [0.25, 0.3) is 5.91 Å². The molecule has 1 aromatic rings. The number of carbonyl (C=O) groups excluding carboxylic acids is 3. The number of esters is 2. The van der Waals surface area contributed by atoms with Crippen molar-refractivity contribution in [3.8, 4) is 0 Å². The molecule has 1 aromatic carbocycles. The maximum absolute atomic E-state index is 13.0. The smallest absolute Gasteiger partial charge is 0.354 e. The predicted molar refractivity (Wildman–Crippen MR) is 96.5 cm³/mol. The molecule has 0 radical (unpaired) electrons. The third kappa shape index (κ3) is 4.62. The third-order valence-electron chi connectivity index (χ3n) is 4.36. The van der Waals surface area contributed by atoms with Gasteiger partial charge in [-0.1, -0.05) is 12.1 Å². The van der Waals surface area contributed by atoms with Gasteiger partial charge in [0.1, 0.15) is 5.70 Å². The third-order valence-corrected chi connectivity index (χ3v) is 4.36. The summed E-state index contributed by atoms with van der Waals surface area (Å²) in [6.45, 7) is 2.74. The van der Waals surface area contributed by atoms with E-state index in [-0.39, 0.29) is 17.6 Å². The first-order valence-electron chi connectivity index (χ1n) is 8.53. The van der Waals surface area contributed by atoms with Crippen LogP contribution in [-0.4, -0.2) is 49.6 Å². The highest BCUT2D eigenvalue weighted by atomic mass is 16.5. The van der Waals surface area contributed by atoms with Crippen molar-refractivity contribution in [1.82, 2.24) is 4.90 Å². The van der Waals surface area contributed by atoms with Gasteiger partial charge in [0.05, 0.1) is 31.5 Å². The van der Waals surface area contributed by atoms with E-state index in [4.69, 9.17) is 4.74 Å². The molecule has 0 saturated carbocycles. The summed E-state index contributed by atoms with van der Waals surface area (Å²) in [5.41, 5.74) is 0.753. The summed E-state index contributed by atoms with van der Waals surface area (Å²) in [7, 11) is 2.42. The molecule has 1 atom stereocenters. The Kier molecular flexibility index (Phi) is 6.77. The number of para-hydroxylation sites is 1. The molecule has 0 bridgehead atoms. The minimum absolute atomic E-state index is 0.105. The van der Waals surface area contributed by atoms with Crippen LogP contribution in [0.2, 0.25) is 0 Å². The molecule has 1 amide bonds. The molecule has 1 aliphatic rings. The fourth-order valence-electron chi connectivity index (χ4n) is 2.91. The Hall–Kier alpha value is -2.83. The van der Waals surface area contributed by atoms with E-state index in [1.807, 2.05) is 11.8 Å². The van der Waals surface area contributed by atoms with Gasteiger partial charge in [0.15, 0.2) is 0 Å². The van der Waals surface area contributed by atoms with E-state index in [1.54, 1.807) is 24.3 Å². The maximum Gasteiger partial charge on any atom is 0.354 e. The van der Waals surface area contributed by atoms with Gasteiger partial charge in [-0.2, -0.15) is 0 Å². The lowest BCUT2D eigenvalue weighted by Gasteiger charge is -2.34. The van der Waals surface area contributed by atoms with E-state index < -0.39 is 11.9 Å². The van der Waals surface area contributed by atoms with Gasteiger partial charge in [-0.3, -0.25) is 4.79 Å². The monoisotopic (exact) mass is 360 g/mol. The molecular weight excluding hydrogens is 336 g/mol. The van der Waals surface area contributed by atoms with Crippen molar-refractivity contribution in [2.45, 2.75) is 32.2 Å². The zero-order chi connectivity index (χ0) is 19.1. The molecule has 0 spiro atoms. The lowest BCUT2D eigenvalue weighted by molar-refractivity contribution is -0.138. The molecule has 7 heteroatoms. The predicted octanol–water partition coefficient (Wildman–Crippen LogP) is 2.34. The molecule has 140 valence electrons. The highest BCUT2D eigenvalue weighted by Crippen LogP contribution is 2.24. The molecule has 1 heterocycles. The number of nitrogens with one attached hydrogen (secondary N) is 1. The van der Waals surface area contributed by atoms with Gasteiger partial charge >= 0.3 is 11.9 Å². The van der Waals surface area contributed by atoms with Crippen LogP contribution >= 0.6 is 0 Å². The number of hydrogen-bond acceptors (Lipinski definition) is 6. The van der Waals surface area contributed by atoms with Gasteiger partial charge in [0.2, 0.25) is 0 Å². The number of hydrogen-bond donors (Lipinski definition) is 1. The summed E-state index contributed by atoms with van der Waals surface area (Å²) in [6.07, 6.45) is 4.05. The number of nitrogens with zero attached hydrogens (tertiary/aromatic N) is 1. The minimum atomic E-state index is -0.732. The minimum Gasteiger partial charge on any atom is -0.466 e. The number of piperidine rings is 1. The molecular formula is C19H24N2O5. The average Bonchev–Trinajstić information content (AvgIpc) is 2.67. The number of ether oxygens (including phenoxy) is 2. The number of amides is 1. The van der Waals surface area contributed by atoms with Crippen LogP contribution < -0.4 is 5.32 Å². The molecule has 1 unspecified atom stereocenters. The average molecular weight is 360 g/mol. The number of anilines is 1. The summed E-state index contributed by atoms with van der Waals surface area (Å²) in [5.74, 6) is -1.54. The van der Waals surface area contributed by atoms with Crippen molar-refractivity contribution < 1.29 is 23.9 Å². The second-order valence-electron chi connectivity index (χ2n) is 6.09. The van der Waals surface area contributed by atoms with E-state index in [0.717, 1.165) is 25.3 Å². The van der Waals surface area contributed by atoms with Crippen molar-refractivity contribution in [1.29, 1.82) is 0 Å². The van der Waals surface area contributed by atoms with Gasteiger partial charge in [-0.25, -0.2) is 9.59 Å². The first-order chi connectivity index (χ1) is 12.5. The Morgan fingerprint density at radius 1 is 1.15 bits per heavy atom. The molecule has 7 nitrogen and oxygen atoms in total. The molecule has 1 saturated heterocycles. The molecule has 0 aromatic heterocycles. The van der Waals surface area contributed by atoms with Crippen LogP contribution in [-0.2, 0) is 19.1 Å². The van der Waals surface area contributed by atoms with E-state index in [2.05, 4.69) is 10.1 Å². The number of likely N-dealkylation sites (tertiary alicyclic amines) is 1. The van der Waals surface area contributed by atoms with Crippen LogP contribution in [0, 0.1) is 0 Å². The zero-order valence-corrected chi connectivity index (χ0v) is 15.3. The summed E-state index contributed by atoms with van der Waals surface area (Å²) < 4.78 is 9.25. The maximum atomic E-state index is 13.0. The molecule has 26 heavy (non-hydrogen) atoms. The van der Waals surface area contributed by atoms with Crippen molar-refractivity contribution in [3.05, 3.63) is 41.6 Å². The van der Waals surface area contributed by atoms with E-state index >= 15 is 0 Å². The van der Waals surface area contributed by atoms with Crippen molar-refractivity contribution >= 4 is 23.5 Å². The summed E-state index contributed by atoms with van der Waals surface area (Å²) in [4.78, 5) is 38.3. The lowest BCUT2D eigenvalue weighted by atomic mass is 10.0. The van der Waals surface area contributed by atoms with E-state index in [1.165, 1.54) is 14.2 Å². The summed E-state index contributed by atoms with van der Waals surface area (Å²) >= 11 is 0. The SMILES string of the molecule is COC(=O)/C=C(/Nc1ccccc1C(=O)N1CCCCC1C)C(=O)OC. The molecule has 1 aliphatic heterocycles. The number of methoxy groups -OCH3 is 2. The van der Waals surface area contributed by atoms with Crippen LogP contribution in [0.1, 0.15) is 36.5 Å². The fraction of sp³-hybridized carbons (Fsp3) is 0.421. The highest BCUT2D eigenvalue weighted by molar-refractivity contribution is 6.03. The van der Waals surface area contributed by atoms with Crippen LogP contribution in [0.5, 0.6) is 0 Å². The molecule has 0 aliphatic carbocycles. The largest absolute Gasteiger partial charge is 0.466 e. The quantitative estimate of drug-likeness (QED) is 0.641. The van der Waals surface area contributed by atoms with Crippen LogP contribution in [0.4, 0.5) is 5.69 Å².